The Morgan fingerprint density at radius 2 is 2.19 bits per heavy atom. The zero-order chi connectivity index (χ0) is 12.0. The van der Waals surface area contributed by atoms with E-state index in [0.29, 0.717) is 12.5 Å². The van der Waals surface area contributed by atoms with Crippen LogP contribution in [-0.4, -0.2) is 22.3 Å². The van der Waals surface area contributed by atoms with Crippen LogP contribution >= 0.6 is 0 Å². The quantitative estimate of drug-likeness (QED) is 0.743. The number of nitrogens with one attached hydrogen (secondary N) is 1. The van der Waals surface area contributed by atoms with E-state index in [2.05, 4.69) is 35.3 Å². The van der Waals surface area contributed by atoms with Crippen molar-refractivity contribution < 1.29 is 5.11 Å². The summed E-state index contributed by atoms with van der Waals surface area (Å²) in [6, 6.07) is 2.13. The molecule has 3 nitrogen and oxygen atoms in total. The van der Waals surface area contributed by atoms with E-state index in [9.17, 15) is 5.11 Å². The number of hydrogen-bond acceptors (Lipinski definition) is 2. The largest absolute Gasteiger partial charge is 0.392 e. The van der Waals surface area contributed by atoms with Crippen LogP contribution in [0.2, 0.25) is 0 Å². The van der Waals surface area contributed by atoms with Gasteiger partial charge in [0, 0.05) is 32.0 Å². The summed E-state index contributed by atoms with van der Waals surface area (Å²) in [5.74, 6) is 0.317. The summed E-state index contributed by atoms with van der Waals surface area (Å²) in [7, 11) is 0. The van der Waals surface area contributed by atoms with Gasteiger partial charge in [-0.05, 0) is 24.0 Å². The second-order valence-electron chi connectivity index (χ2n) is 4.70. The third-order valence-electron chi connectivity index (χ3n) is 2.75. The van der Waals surface area contributed by atoms with Crippen molar-refractivity contribution in [3.05, 3.63) is 24.0 Å². The van der Waals surface area contributed by atoms with Crippen LogP contribution < -0.4 is 5.32 Å². The molecule has 2 N–H and O–H groups in total. The van der Waals surface area contributed by atoms with E-state index >= 15 is 0 Å². The lowest BCUT2D eigenvalue weighted by Crippen LogP contribution is -2.30. The maximum absolute atomic E-state index is 9.63. The molecule has 3 heteroatoms. The highest BCUT2D eigenvalue weighted by molar-refractivity contribution is 5.09. The molecule has 0 aliphatic heterocycles. The molecule has 1 aromatic heterocycles. The molecule has 1 aromatic rings. The number of aliphatic hydroxyl groups is 1. The van der Waals surface area contributed by atoms with Crippen LogP contribution in [0.25, 0.3) is 0 Å². The van der Waals surface area contributed by atoms with Gasteiger partial charge in [-0.2, -0.15) is 0 Å². The Kier molecular flexibility index (Phi) is 5.56. The number of aromatic nitrogens is 1. The van der Waals surface area contributed by atoms with Gasteiger partial charge in [-0.3, -0.25) is 0 Å². The predicted molar refractivity (Wildman–Crippen MR) is 67.3 cm³/mol. The topological polar surface area (TPSA) is 37.2 Å². The molecule has 0 aromatic carbocycles. The fourth-order valence-electron chi connectivity index (χ4n) is 1.59. The first kappa shape index (κ1) is 13.3. The van der Waals surface area contributed by atoms with E-state index in [1.165, 1.54) is 5.56 Å². The van der Waals surface area contributed by atoms with Gasteiger partial charge in [0.1, 0.15) is 0 Å². The predicted octanol–water partition coefficient (Wildman–Crippen LogP) is 2.00. The van der Waals surface area contributed by atoms with Gasteiger partial charge in [0.2, 0.25) is 0 Å². The first-order valence-corrected chi connectivity index (χ1v) is 6.17. The van der Waals surface area contributed by atoms with Gasteiger partial charge < -0.3 is 15.0 Å². The number of aryl methyl sites for hydroxylation is 1. The first-order chi connectivity index (χ1) is 7.63. The molecule has 0 bridgehead atoms. The van der Waals surface area contributed by atoms with Gasteiger partial charge in [0.05, 0.1) is 6.10 Å². The summed E-state index contributed by atoms with van der Waals surface area (Å²) in [4.78, 5) is 0. The Bertz CT molecular complexity index is 294. The maximum atomic E-state index is 9.63. The molecule has 1 rings (SSSR count). The van der Waals surface area contributed by atoms with Crippen LogP contribution in [0.3, 0.4) is 0 Å². The number of aliphatic hydroxyl groups excluding tert-OH is 1. The molecule has 1 atom stereocenters. The average Bonchev–Trinajstić information content (AvgIpc) is 2.66. The molecule has 0 radical (unpaired) electrons. The molecular formula is C13H24N2O. The zero-order valence-corrected chi connectivity index (χ0v) is 10.6. The number of rotatable bonds is 7. The van der Waals surface area contributed by atoms with Crippen LogP contribution in [0.4, 0.5) is 0 Å². The molecule has 92 valence electrons. The fourth-order valence-corrected chi connectivity index (χ4v) is 1.59. The van der Waals surface area contributed by atoms with Gasteiger partial charge in [-0.25, -0.2) is 0 Å². The highest BCUT2D eigenvalue weighted by Gasteiger charge is 2.07. The number of hydrogen-bond donors (Lipinski definition) is 2. The molecule has 0 spiro atoms. The molecule has 1 heterocycles. The molecule has 16 heavy (non-hydrogen) atoms. The highest BCUT2D eigenvalue weighted by atomic mass is 16.3. The maximum Gasteiger partial charge on any atom is 0.0687 e. The van der Waals surface area contributed by atoms with E-state index in [-0.39, 0.29) is 6.10 Å². The van der Waals surface area contributed by atoms with E-state index in [4.69, 9.17) is 0 Å². The summed E-state index contributed by atoms with van der Waals surface area (Å²) in [5.41, 5.74) is 1.28. The summed E-state index contributed by atoms with van der Waals surface area (Å²) in [6.07, 6.45) is 5.18. The second-order valence-corrected chi connectivity index (χ2v) is 4.70. The lowest BCUT2D eigenvalue weighted by Gasteiger charge is -2.14. The Morgan fingerprint density at radius 1 is 1.44 bits per heavy atom. The minimum Gasteiger partial charge on any atom is -0.392 e. The Morgan fingerprint density at radius 3 is 2.81 bits per heavy atom. The summed E-state index contributed by atoms with van der Waals surface area (Å²) in [5, 5.41) is 12.9. The lowest BCUT2D eigenvalue weighted by molar-refractivity contribution is 0.123. The molecule has 0 aliphatic carbocycles. The minimum absolute atomic E-state index is 0.252. The molecule has 0 aliphatic rings. The number of nitrogens with zero attached hydrogens (tertiary/aromatic N) is 1. The van der Waals surface area contributed by atoms with Crippen molar-refractivity contribution in [3.8, 4) is 0 Å². The summed E-state index contributed by atoms with van der Waals surface area (Å²) >= 11 is 0. The Balaban J connectivity index is 2.26. The van der Waals surface area contributed by atoms with Gasteiger partial charge >= 0.3 is 0 Å². The highest BCUT2D eigenvalue weighted by Crippen LogP contribution is 2.03. The van der Waals surface area contributed by atoms with Crippen molar-refractivity contribution in [2.24, 2.45) is 5.92 Å². The fraction of sp³-hybridized carbons (Fsp3) is 0.692. The van der Waals surface area contributed by atoms with Gasteiger partial charge in [0.15, 0.2) is 0 Å². The van der Waals surface area contributed by atoms with Crippen molar-refractivity contribution in [2.45, 2.75) is 46.4 Å². The van der Waals surface area contributed by atoms with E-state index in [1.807, 2.05) is 13.8 Å². The molecule has 0 amide bonds. The van der Waals surface area contributed by atoms with Crippen LogP contribution in [0.1, 0.15) is 32.8 Å². The zero-order valence-electron chi connectivity index (χ0n) is 10.6. The minimum atomic E-state index is -0.252. The Hall–Kier alpha value is -0.800. The van der Waals surface area contributed by atoms with E-state index in [0.717, 1.165) is 19.5 Å². The molecule has 0 saturated carbocycles. The van der Waals surface area contributed by atoms with E-state index < -0.39 is 0 Å². The van der Waals surface area contributed by atoms with E-state index in [1.54, 1.807) is 0 Å². The lowest BCUT2D eigenvalue weighted by atomic mass is 10.1. The Labute approximate surface area is 98.5 Å². The molecule has 0 fully saturated rings. The molecular weight excluding hydrogens is 200 g/mol. The second kappa shape index (κ2) is 6.71. The van der Waals surface area contributed by atoms with Crippen LogP contribution in [-0.2, 0) is 13.1 Å². The first-order valence-electron chi connectivity index (χ1n) is 6.17. The van der Waals surface area contributed by atoms with Crippen molar-refractivity contribution in [1.82, 2.24) is 9.88 Å². The average molecular weight is 224 g/mol. The van der Waals surface area contributed by atoms with Gasteiger partial charge in [0.25, 0.3) is 0 Å². The van der Waals surface area contributed by atoms with Gasteiger partial charge in [-0.15, -0.1) is 0 Å². The SMILES string of the molecule is CCCn1ccc(CNCC(O)C(C)C)c1. The van der Waals surface area contributed by atoms with Crippen molar-refractivity contribution in [1.29, 1.82) is 0 Å². The van der Waals surface area contributed by atoms with Crippen LogP contribution in [0.15, 0.2) is 18.5 Å². The molecule has 0 saturated heterocycles. The summed E-state index contributed by atoms with van der Waals surface area (Å²) in [6.45, 7) is 8.82. The smallest absolute Gasteiger partial charge is 0.0687 e. The van der Waals surface area contributed by atoms with Crippen molar-refractivity contribution in [3.63, 3.8) is 0 Å². The van der Waals surface area contributed by atoms with Crippen LogP contribution in [0, 0.1) is 5.92 Å². The third-order valence-corrected chi connectivity index (χ3v) is 2.75. The van der Waals surface area contributed by atoms with Crippen LogP contribution in [0.5, 0.6) is 0 Å². The summed E-state index contributed by atoms with van der Waals surface area (Å²) < 4.78 is 2.20. The standard InChI is InChI=1S/C13H24N2O/c1-4-6-15-7-5-12(10-15)8-14-9-13(16)11(2)3/h5,7,10-11,13-14,16H,4,6,8-9H2,1-3H3. The van der Waals surface area contributed by atoms with Crippen molar-refractivity contribution in [2.75, 3.05) is 6.54 Å². The van der Waals surface area contributed by atoms with Gasteiger partial charge in [-0.1, -0.05) is 20.8 Å². The third kappa shape index (κ3) is 4.37. The van der Waals surface area contributed by atoms with Crippen molar-refractivity contribution >= 4 is 0 Å². The monoisotopic (exact) mass is 224 g/mol. The normalized spacial score (nSPS) is 13.3. The molecule has 1 unspecified atom stereocenters.